The number of ether oxygens (including phenoxy) is 1. The molecule has 0 unspecified atom stereocenters. The molecule has 146 valence electrons. The fourth-order valence-electron chi connectivity index (χ4n) is 2.94. The van der Waals surface area contributed by atoms with Crippen LogP contribution in [0.25, 0.3) is 10.8 Å². The highest BCUT2D eigenvalue weighted by Gasteiger charge is 2.12. The van der Waals surface area contributed by atoms with Crippen molar-refractivity contribution in [1.29, 1.82) is 0 Å². The quantitative estimate of drug-likeness (QED) is 0.449. The molecule has 1 aromatic heterocycles. The molecular formula is C22H17Cl2N3O2. The Kier molecular flexibility index (Phi) is 5.69. The molecule has 0 aliphatic rings. The molecule has 0 saturated heterocycles. The number of carbonyl (C=O) groups is 1. The minimum atomic E-state index is -0.344. The van der Waals surface area contributed by atoms with Crippen LogP contribution in [0.1, 0.15) is 5.56 Å². The van der Waals surface area contributed by atoms with Crippen LogP contribution in [-0.4, -0.2) is 22.3 Å². The zero-order valence-electron chi connectivity index (χ0n) is 15.3. The SMILES string of the molecule is O=C(COc1ccc2ccccc2c1)Nc1nn(Cc2ccccc2Cl)cc1Cl. The number of hydrogen-bond acceptors (Lipinski definition) is 3. The number of benzene rings is 3. The molecule has 0 aliphatic heterocycles. The lowest BCUT2D eigenvalue weighted by Gasteiger charge is -2.07. The van der Waals surface area contributed by atoms with E-state index in [1.54, 1.807) is 10.9 Å². The van der Waals surface area contributed by atoms with Crippen molar-refractivity contribution in [1.82, 2.24) is 9.78 Å². The van der Waals surface area contributed by atoms with E-state index < -0.39 is 0 Å². The molecule has 0 atom stereocenters. The van der Waals surface area contributed by atoms with Gasteiger partial charge in [-0.1, -0.05) is 71.7 Å². The van der Waals surface area contributed by atoms with E-state index >= 15 is 0 Å². The first-order valence-corrected chi connectivity index (χ1v) is 9.72. The average molecular weight is 426 g/mol. The van der Waals surface area contributed by atoms with Gasteiger partial charge in [0.05, 0.1) is 6.54 Å². The second kappa shape index (κ2) is 8.55. The van der Waals surface area contributed by atoms with E-state index in [0.717, 1.165) is 16.3 Å². The zero-order valence-corrected chi connectivity index (χ0v) is 16.8. The lowest BCUT2D eigenvalue weighted by molar-refractivity contribution is -0.118. The van der Waals surface area contributed by atoms with E-state index in [4.69, 9.17) is 27.9 Å². The Bertz CT molecular complexity index is 1170. The van der Waals surface area contributed by atoms with Crippen LogP contribution in [0.5, 0.6) is 5.75 Å². The van der Waals surface area contributed by atoms with Crippen molar-refractivity contribution >= 4 is 45.7 Å². The van der Waals surface area contributed by atoms with E-state index in [-0.39, 0.29) is 18.3 Å². The van der Waals surface area contributed by atoms with E-state index in [1.165, 1.54) is 0 Å². The van der Waals surface area contributed by atoms with Gasteiger partial charge in [-0.3, -0.25) is 9.48 Å². The Morgan fingerprint density at radius 3 is 2.55 bits per heavy atom. The van der Waals surface area contributed by atoms with Crippen LogP contribution >= 0.6 is 23.2 Å². The van der Waals surface area contributed by atoms with Gasteiger partial charge in [0, 0.05) is 11.2 Å². The summed E-state index contributed by atoms with van der Waals surface area (Å²) >= 11 is 12.4. The summed E-state index contributed by atoms with van der Waals surface area (Å²) in [6, 6.07) is 21.1. The molecule has 5 nitrogen and oxygen atoms in total. The van der Waals surface area contributed by atoms with Crippen LogP contribution in [0.3, 0.4) is 0 Å². The van der Waals surface area contributed by atoms with Crippen LogP contribution in [0, 0.1) is 0 Å². The second-order valence-electron chi connectivity index (χ2n) is 6.46. The summed E-state index contributed by atoms with van der Waals surface area (Å²) in [7, 11) is 0. The number of hydrogen-bond donors (Lipinski definition) is 1. The van der Waals surface area contributed by atoms with Gasteiger partial charge in [0.2, 0.25) is 0 Å². The number of carbonyl (C=O) groups excluding carboxylic acids is 1. The van der Waals surface area contributed by atoms with E-state index in [9.17, 15) is 4.79 Å². The molecular weight excluding hydrogens is 409 g/mol. The number of halogens is 2. The third-order valence-electron chi connectivity index (χ3n) is 4.36. The average Bonchev–Trinajstić information content (AvgIpc) is 3.06. The number of amides is 1. The Morgan fingerprint density at radius 2 is 1.72 bits per heavy atom. The van der Waals surface area contributed by atoms with Gasteiger partial charge in [0.25, 0.3) is 5.91 Å². The van der Waals surface area contributed by atoms with Crippen molar-refractivity contribution in [2.24, 2.45) is 0 Å². The highest BCUT2D eigenvalue weighted by molar-refractivity contribution is 6.33. The number of nitrogens with one attached hydrogen (secondary N) is 1. The first-order valence-electron chi connectivity index (χ1n) is 8.96. The molecule has 4 rings (SSSR count). The third kappa shape index (κ3) is 4.70. The smallest absolute Gasteiger partial charge is 0.263 e. The zero-order chi connectivity index (χ0) is 20.2. The molecule has 3 aromatic carbocycles. The van der Waals surface area contributed by atoms with Gasteiger partial charge >= 0.3 is 0 Å². The predicted octanol–water partition coefficient (Wildman–Crippen LogP) is 5.41. The Hall–Kier alpha value is -3.02. The first kappa shape index (κ1) is 19.3. The Morgan fingerprint density at radius 1 is 0.966 bits per heavy atom. The molecule has 0 aliphatic carbocycles. The molecule has 0 spiro atoms. The maximum Gasteiger partial charge on any atom is 0.263 e. The third-order valence-corrected chi connectivity index (χ3v) is 5.00. The van der Waals surface area contributed by atoms with Crippen molar-refractivity contribution in [2.45, 2.75) is 6.54 Å². The topological polar surface area (TPSA) is 56.1 Å². The van der Waals surface area contributed by atoms with Crippen LogP contribution < -0.4 is 10.1 Å². The van der Waals surface area contributed by atoms with Gasteiger partial charge in [-0.2, -0.15) is 5.10 Å². The molecule has 0 radical (unpaired) electrons. The van der Waals surface area contributed by atoms with Crippen molar-refractivity contribution in [2.75, 3.05) is 11.9 Å². The summed E-state index contributed by atoms with van der Waals surface area (Å²) in [5.74, 6) is 0.558. The fraction of sp³-hybridized carbons (Fsp3) is 0.0909. The summed E-state index contributed by atoms with van der Waals surface area (Å²) in [6.07, 6.45) is 1.64. The van der Waals surface area contributed by atoms with Gasteiger partial charge in [0.15, 0.2) is 12.4 Å². The molecule has 4 aromatic rings. The second-order valence-corrected chi connectivity index (χ2v) is 7.27. The number of aromatic nitrogens is 2. The maximum absolute atomic E-state index is 12.3. The monoisotopic (exact) mass is 425 g/mol. The van der Waals surface area contributed by atoms with E-state index in [1.807, 2.05) is 66.7 Å². The van der Waals surface area contributed by atoms with Crippen molar-refractivity contribution in [3.05, 3.63) is 88.5 Å². The van der Waals surface area contributed by atoms with Gasteiger partial charge in [-0.05, 0) is 34.5 Å². The summed E-state index contributed by atoms with van der Waals surface area (Å²) in [4.78, 5) is 12.3. The molecule has 1 N–H and O–H groups in total. The Labute approximate surface area is 177 Å². The minimum absolute atomic E-state index is 0.147. The Balaban J connectivity index is 1.38. The molecule has 0 saturated carbocycles. The van der Waals surface area contributed by atoms with Gasteiger partial charge in [-0.15, -0.1) is 0 Å². The van der Waals surface area contributed by atoms with Crippen molar-refractivity contribution < 1.29 is 9.53 Å². The number of anilines is 1. The molecule has 0 bridgehead atoms. The van der Waals surface area contributed by atoms with Crippen molar-refractivity contribution in [3.8, 4) is 5.75 Å². The number of fused-ring (bicyclic) bond motifs is 1. The molecule has 7 heteroatoms. The molecule has 1 heterocycles. The normalized spacial score (nSPS) is 10.8. The standard InChI is InChI=1S/C22H17Cl2N3O2/c23-19-8-4-3-7-17(19)12-27-13-20(24)22(26-27)25-21(28)14-29-18-10-9-15-5-1-2-6-16(15)11-18/h1-11,13H,12,14H2,(H,25,26,28). The summed E-state index contributed by atoms with van der Waals surface area (Å²) in [6.45, 7) is 0.300. The summed E-state index contributed by atoms with van der Waals surface area (Å²) < 4.78 is 7.23. The number of rotatable bonds is 6. The number of nitrogens with zero attached hydrogens (tertiary/aromatic N) is 2. The first-order chi connectivity index (χ1) is 14.1. The van der Waals surface area contributed by atoms with E-state index in [2.05, 4.69) is 10.4 Å². The van der Waals surface area contributed by atoms with Crippen LogP contribution in [0.15, 0.2) is 72.9 Å². The van der Waals surface area contributed by atoms with Gasteiger partial charge < -0.3 is 10.1 Å². The predicted molar refractivity (Wildman–Crippen MR) is 116 cm³/mol. The van der Waals surface area contributed by atoms with Crippen LogP contribution in [-0.2, 0) is 11.3 Å². The van der Waals surface area contributed by atoms with Gasteiger partial charge in [-0.25, -0.2) is 0 Å². The largest absolute Gasteiger partial charge is 0.484 e. The summed E-state index contributed by atoms with van der Waals surface area (Å²) in [5.41, 5.74) is 0.908. The lowest BCUT2D eigenvalue weighted by Crippen LogP contribution is -2.20. The van der Waals surface area contributed by atoms with Crippen LogP contribution in [0.2, 0.25) is 10.0 Å². The molecule has 0 fully saturated rings. The van der Waals surface area contributed by atoms with Gasteiger partial charge in [0.1, 0.15) is 10.8 Å². The maximum atomic E-state index is 12.3. The van der Waals surface area contributed by atoms with Crippen molar-refractivity contribution in [3.63, 3.8) is 0 Å². The van der Waals surface area contributed by atoms with Crippen LogP contribution in [0.4, 0.5) is 5.82 Å². The highest BCUT2D eigenvalue weighted by atomic mass is 35.5. The lowest BCUT2D eigenvalue weighted by atomic mass is 10.1. The highest BCUT2D eigenvalue weighted by Crippen LogP contribution is 2.23. The van der Waals surface area contributed by atoms with E-state index in [0.29, 0.717) is 22.3 Å². The minimum Gasteiger partial charge on any atom is -0.484 e. The molecule has 1 amide bonds. The fourth-order valence-corrected chi connectivity index (χ4v) is 3.33. The summed E-state index contributed by atoms with van der Waals surface area (Å²) in [5, 5.41) is 10.1. The molecule has 29 heavy (non-hydrogen) atoms.